The molecule has 0 aliphatic carbocycles. The van der Waals surface area contributed by atoms with E-state index in [0.29, 0.717) is 11.7 Å². The van der Waals surface area contributed by atoms with Gasteiger partial charge in [0.1, 0.15) is 0 Å². The van der Waals surface area contributed by atoms with E-state index >= 15 is 0 Å². The fourth-order valence-electron chi connectivity index (χ4n) is 3.32. The number of amides is 1. The molecule has 0 bridgehead atoms. The van der Waals surface area contributed by atoms with Gasteiger partial charge in [-0.25, -0.2) is 0 Å². The Kier molecular flexibility index (Phi) is 18.1. The van der Waals surface area contributed by atoms with Gasteiger partial charge in [-0.1, -0.05) is 62.1 Å². The Labute approximate surface area is 230 Å². The standard InChI is InChI=1S/C22H23NO2.C7H13NO.C2H6.CH4O/c1-3-25-22-15-23(16-22)14-20-8-6-18(7-9-20)4-5-19-10-12-21(13-11-19)17(2)24;1-5(2)6(3)7(9)8-4;2*1-2/h6-13,22H,3,14-16H2,1-2H3;6H,1H2,2-4H3,(H,8,9);1-2H3;2H,1H3. The number of likely N-dealkylation sites (tertiary alicyclic amines) is 1. The fourth-order valence-corrected chi connectivity index (χ4v) is 3.32. The number of carbonyl (C=O) groups excluding carboxylic acids is 2. The molecule has 1 saturated heterocycles. The molecule has 2 aromatic carbocycles. The lowest BCUT2D eigenvalue weighted by atomic mass is 10.0. The van der Waals surface area contributed by atoms with E-state index in [1.807, 2.05) is 58.9 Å². The van der Waals surface area contributed by atoms with Crippen molar-refractivity contribution in [1.29, 1.82) is 0 Å². The highest BCUT2D eigenvalue weighted by Crippen LogP contribution is 2.16. The van der Waals surface area contributed by atoms with Gasteiger partial charge in [-0.05, 0) is 57.5 Å². The van der Waals surface area contributed by atoms with Crippen LogP contribution in [0.15, 0.2) is 60.7 Å². The molecule has 1 atom stereocenters. The van der Waals surface area contributed by atoms with Gasteiger partial charge in [0.25, 0.3) is 0 Å². The number of ketones is 1. The monoisotopic (exact) mass is 522 g/mol. The molecule has 1 amide bonds. The zero-order valence-electron chi connectivity index (χ0n) is 24.4. The van der Waals surface area contributed by atoms with Crippen molar-refractivity contribution < 1.29 is 19.4 Å². The van der Waals surface area contributed by atoms with Crippen LogP contribution in [0, 0.1) is 17.8 Å². The van der Waals surface area contributed by atoms with Gasteiger partial charge in [-0.15, -0.1) is 0 Å². The van der Waals surface area contributed by atoms with Crippen LogP contribution in [0.2, 0.25) is 0 Å². The summed E-state index contributed by atoms with van der Waals surface area (Å²) in [7, 11) is 2.63. The number of aliphatic hydroxyl groups excluding tert-OH is 1. The van der Waals surface area contributed by atoms with Gasteiger partial charge in [0.05, 0.1) is 12.0 Å². The molecule has 0 radical (unpaired) electrons. The number of carbonyl (C=O) groups is 2. The van der Waals surface area contributed by atoms with Crippen LogP contribution in [0.3, 0.4) is 0 Å². The summed E-state index contributed by atoms with van der Waals surface area (Å²) in [5.74, 6) is 6.36. The Balaban J connectivity index is 0.000000891. The van der Waals surface area contributed by atoms with Crippen molar-refractivity contribution in [2.24, 2.45) is 5.92 Å². The van der Waals surface area contributed by atoms with E-state index in [-0.39, 0.29) is 17.6 Å². The van der Waals surface area contributed by atoms with Crippen molar-refractivity contribution in [1.82, 2.24) is 10.2 Å². The zero-order chi connectivity index (χ0) is 29.1. The minimum Gasteiger partial charge on any atom is -0.400 e. The molecule has 1 unspecified atom stereocenters. The number of nitrogens with one attached hydrogen (secondary N) is 1. The van der Waals surface area contributed by atoms with E-state index in [0.717, 1.165) is 50.1 Å². The van der Waals surface area contributed by atoms with E-state index in [1.54, 1.807) is 14.0 Å². The Morgan fingerprint density at radius 1 is 1.03 bits per heavy atom. The molecular formula is C32H46N2O4. The Bertz CT molecular complexity index is 1030. The van der Waals surface area contributed by atoms with Crippen LogP contribution in [-0.4, -0.2) is 61.7 Å². The van der Waals surface area contributed by atoms with Crippen LogP contribution >= 0.6 is 0 Å². The Hall–Kier alpha value is -3.24. The predicted molar refractivity (Wildman–Crippen MR) is 157 cm³/mol. The van der Waals surface area contributed by atoms with Gasteiger partial charge >= 0.3 is 0 Å². The molecule has 1 heterocycles. The third-order valence-corrected chi connectivity index (χ3v) is 5.71. The van der Waals surface area contributed by atoms with Crippen molar-refractivity contribution in [3.63, 3.8) is 0 Å². The second-order valence-corrected chi connectivity index (χ2v) is 8.53. The Morgan fingerprint density at radius 3 is 1.87 bits per heavy atom. The molecule has 1 aliphatic heterocycles. The van der Waals surface area contributed by atoms with E-state index in [4.69, 9.17) is 9.84 Å². The number of hydrogen-bond donors (Lipinski definition) is 2. The minimum absolute atomic E-state index is 0.0301. The first kappa shape index (κ1) is 34.8. The summed E-state index contributed by atoms with van der Waals surface area (Å²) in [4.78, 5) is 24.4. The van der Waals surface area contributed by atoms with Crippen LogP contribution in [-0.2, 0) is 16.1 Å². The lowest BCUT2D eigenvalue weighted by Gasteiger charge is -2.38. The molecule has 1 aliphatic rings. The van der Waals surface area contributed by atoms with Gasteiger partial charge < -0.3 is 15.2 Å². The van der Waals surface area contributed by atoms with Crippen LogP contribution in [0.25, 0.3) is 0 Å². The summed E-state index contributed by atoms with van der Waals surface area (Å²) in [5, 5.41) is 9.55. The largest absolute Gasteiger partial charge is 0.400 e. The molecule has 6 nitrogen and oxygen atoms in total. The topological polar surface area (TPSA) is 78.9 Å². The smallest absolute Gasteiger partial charge is 0.226 e. The summed E-state index contributed by atoms with van der Waals surface area (Å²) >= 11 is 0. The zero-order valence-corrected chi connectivity index (χ0v) is 24.4. The average Bonchev–Trinajstić information content (AvgIpc) is 2.93. The molecule has 0 spiro atoms. The number of hydrogen-bond acceptors (Lipinski definition) is 5. The number of aliphatic hydroxyl groups is 1. The maximum atomic E-state index is 11.3. The molecule has 2 aromatic rings. The highest BCUT2D eigenvalue weighted by atomic mass is 16.5. The number of benzene rings is 2. The maximum Gasteiger partial charge on any atom is 0.226 e. The molecule has 0 aromatic heterocycles. The first-order valence-corrected chi connectivity index (χ1v) is 13.1. The average molecular weight is 523 g/mol. The first-order valence-electron chi connectivity index (χ1n) is 13.1. The second-order valence-electron chi connectivity index (χ2n) is 8.53. The van der Waals surface area contributed by atoms with Gasteiger partial charge in [0.15, 0.2) is 5.78 Å². The number of Topliss-reactive ketones (excluding diaryl/α,β-unsaturated/α-hetero) is 1. The summed E-state index contributed by atoms with van der Waals surface area (Å²) in [6.45, 7) is 18.8. The van der Waals surface area contributed by atoms with Gasteiger partial charge in [0, 0.05) is 57.1 Å². The third-order valence-electron chi connectivity index (χ3n) is 5.71. The lowest BCUT2D eigenvalue weighted by Crippen LogP contribution is -2.51. The molecule has 6 heteroatoms. The third kappa shape index (κ3) is 12.8. The molecule has 2 N–H and O–H groups in total. The minimum atomic E-state index is -0.0602. The molecule has 208 valence electrons. The van der Waals surface area contributed by atoms with E-state index in [2.05, 4.69) is 52.9 Å². The van der Waals surface area contributed by atoms with Crippen molar-refractivity contribution in [3.8, 4) is 11.8 Å². The predicted octanol–water partition coefficient (Wildman–Crippen LogP) is 5.09. The molecule has 3 rings (SSSR count). The molecule has 38 heavy (non-hydrogen) atoms. The molecule has 1 fully saturated rings. The quantitative estimate of drug-likeness (QED) is 0.301. The fraction of sp³-hybridized carbons (Fsp3) is 0.438. The van der Waals surface area contributed by atoms with E-state index < -0.39 is 0 Å². The SMILES string of the molecule is C=C(C)C(C)C(=O)NC.CC.CCOC1CN(Cc2ccc(C#Cc3ccc(C(C)=O)cc3)cc2)C1.CO. The van der Waals surface area contributed by atoms with E-state index in [1.165, 1.54) is 5.56 Å². The Morgan fingerprint density at radius 2 is 1.50 bits per heavy atom. The van der Waals surface area contributed by atoms with Gasteiger partial charge in [-0.2, -0.15) is 0 Å². The molecular weight excluding hydrogens is 476 g/mol. The summed E-state index contributed by atoms with van der Waals surface area (Å²) in [5.41, 5.74) is 4.82. The van der Waals surface area contributed by atoms with Crippen molar-refractivity contribution >= 4 is 11.7 Å². The van der Waals surface area contributed by atoms with Crippen LogP contribution < -0.4 is 5.32 Å². The van der Waals surface area contributed by atoms with Gasteiger partial charge in [0.2, 0.25) is 5.91 Å². The summed E-state index contributed by atoms with van der Waals surface area (Å²) in [6.07, 6.45) is 0.407. The van der Waals surface area contributed by atoms with Crippen LogP contribution in [0.4, 0.5) is 0 Å². The summed E-state index contributed by atoms with van der Waals surface area (Å²) < 4.78 is 5.58. The second kappa shape index (κ2) is 19.8. The maximum absolute atomic E-state index is 11.3. The van der Waals surface area contributed by atoms with Crippen LogP contribution in [0.1, 0.15) is 68.6 Å². The highest BCUT2D eigenvalue weighted by Gasteiger charge is 2.26. The van der Waals surface area contributed by atoms with Crippen molar-refractivity contribution in [2.75, 3.05) is 33.9 Å². The van der Waals surface area contributed by atoms with Crippen molar-refractivity contribution in [3.05, 3.63) is 82.9 Å². The normalized spacial score (nSPS) is 12.8. The van der Waals surface area contributed by atoms with Gasteiger partial charge in [-0.3, -0.25) is 14.5 Å². The lowest BCUT2D eigenvalue weighted by molar-refractivity contribution is -0.122. The molecule has 0 saturated carbocycles. The number of ether oxygens (including phenoxy) is 1. The number of nitrogens with zero attached hydrogens (tertiary/aromatic N) is 1. The summed E-state index contributed by atoms with van der Waals surface area (Å²) in [6, 6.07) is 15.8. The van der Waals surface area contributed by atoms with Crippen LogP contribution in [0.5, 0.6) is 0 Å². The van der Waals surface area contributed by atoms with Crippen molar-refractivity contribution in [2.45, 2.75) is 54.2 Å². The highest BCUT2D eigenvalue weighted by molar-refractivity contribution is 5.94. The van der Waals surface area contributed by atoms with E-state index in [9.17, 15) is 9.59 Å². The number of rotatable bonds is 7. The first-order chi connectivity index (χ1) is 18.2.